The normalized spacial score (nSPS) is 15.3. The summed E-state index contributed by atoms with van der Waals surface area (Å²) >= 11 is 5.90. The first-order valence-electron chi connectivity index (χ1n) is 7.27. The Hall–Kier alpha value is -1.81. The topological polar surface area (TPSA) is 46.9 Å². The van der Waals surface area contributed by atoms with Gasteiger partial charge in [-0.2, -0.15) is 5.10 Å². The molecule has 1 fully saturated rings. The zero-order valence-corrected chi connectivity index (χ0v) is 12.7. The SMILES string of the molecule is Cc1cc(C(=O)NC2CCCC2)nn1-c1ccc(Cl)cc1. The Labute approximate surface area is 129 Å². The first-order chi connectivity index (χ1) is 10.1. The Bertz CT molecular complexity index is 642. The van der Waals surface area contributed by atoms with Crippen molar-refractivity contribution in [1.82, 2.24) is 15.1 Å². The lowest BCUT2D eigenvalue weighted by molar-refractivity contribution is 0.0932. The van der Waals surface area contributed by atoms with Gasteiger partial charge in [0.2, 0.25) is 0 Å². The molecular weight excluding hydrogens is 286 g/mol. The highest BCUT2D eigenvalue weighted by molar-refractivity contribution is 6.30. The maximum Gasteiger partial charge on any atom is 0.272 e. The fourth-order valence-electron chi connectivity index (χ4n) is 2.76. The summed E-state index contributed by atoms with van der Waals surface area (Å²) in [5, 5.41) is 8.16. The van der Waals surface area contributed by atoms with Crippen molar-refractivity contribution in [2.24, 2.45) is 0 Å². The molecule has 5 heteroatoms. The van der Waals surface area contributed by atoms with Crippen LogP contribution in [0.1, 0.15) is 41.9 Å². The van der Waals surface area contributed by atoms with Crippen molar-refractivity contribution in [3.63, 3.8) is 0 Å². The molecule has 0 aliphatic heterocycles. The highest BCUT2D eigenvalue weighted by Gasteiger charge is 2.20. The Kier molecular flexibility index (Phi) is 3.97. The third-order valence-electron chi connectivity index (χ3n) is 3.88. The van der Waals surface area contributed by atoms with E-state index < -0.39 is 0 Å². The van der Waals surface area contributed by atoms with Crippen LogP contribution in [-0.2, 0) is 0 Å². The molecule has 110 valence electrons. The number of hydrogen-bond donors (Lipinski definition) is 1. The van der Waals surface area contributed by atoms with E-state index in [1.54, 1.807) is 4.68 Å². The molecular formula is C16H18ClN3O. The minimum Gasteiger partial charge on any atom is -0.348 e. The average Bonchev–Trinajstić information content (AvgIpc) is 3.09. The second-order valence-corrected chi connectivity index (χ2v) is 5.95. The lowest BCUT2D eigenvalue weighted by Crippen LogP contribution is -2.32. The van der Waals surface area contributed by atoms with Gasteiger partial charge in [-0.15, -0.1) is 0 Å². The number of benzene rings is 1. The van der Waals surface area contributed by atoms with Crippen LogP contribution in [0.2, 0.25) is 5.02 Å². The second kappa shape index (κ2) is 5.90. The molecule has 0 saturated heterocycles. The summed E-state index contributed by atoms with van der Waals surface area (Å²) in [4.78, 5) is 12.2. The quantitative estimate of drug-likeness (QED) is 0.943. The zero-order valence-electron chi connectivity index (χ0n) is 12.0. The van der Waals surface area contributed by atoms with E-state index >= 15 is 0 Å². The molecule has 1 aromatic carbocycles. The summed E-state index contributed by atoms with van der Waals surface area (Å²) in [7, 11) is 0. The minimum atomic E-state index is -0.0855. The molecule has 0 spiro atoms. The van der Waals surface area contributed by atoms with Crippen LogP contribution in [0.4, 0.5) is 0 Å². The third-order valence-corrected chi connectivity index (χ3v) is 4.13. The van der Waals surface area contributed by atoms with Crippen LogP contribution >= 0.6 is 11.6 Å². The number of nitrogens with one attached hydrogen (secondary N) is 1. The molecule has 0 bridgehead atoms. The Morgan fingerprint density at radius 3 is 2.62 bits per heavy atom. The fraction of sp³-hybridized carbons (Fsp3) is 0.375. The number of carbonyl (C=O) groups excluding carboxylic acids is 1. The summed E-state index contributed by atoms with van der Waals surface area (Å²) in [5.74, 6) is -0.0855. The summed E-state index contributed by atoms with van der Waals surface area (Å²) < 4.78 is 1.76. The lowest BCUT2D eigenvalue weighted by Gasteiger charge is -2.10. The van der Waals surface area contributed by atoms with Crippen molar-refractivity contribution in [3.8, 4) is 5.69 Å². The minimum absolute atomic E-state index is 0.0855. The summed E-state index contributed by atoms with van der Waals surface area (Å²) in [6.07, 6.45) is 4.54. The van der Waals surface area contributed by atoms with Crippen LogP contribution in [0.15, 0.2) is 30.3 Å². The predicted molar refractivity (Wildman–Crippen MR) is 83.0 cm³/mol. The van der Waals surface area contributed by atoms with Gasteiger partial charge in [-0.05, 0) is 50.1 Å². The van der Waals surface area contributed by atoms with E-state index in [0.29, 0.717) is 16.8 Å². The lowest BCUT2D eigenvalue weighted by atomic mass is 10.2. The molecule has 1 heterocycles. The molecule has 1 aliphatic carbocycles. The van der Waals surface area contributed by atoms with E-state index in [1.165, 1.54) is 12.8 Å². The number of aromatic nitrogens is 2. The van der Waals surface area contributed by atoms with E-state index in [4.69, 9.17) is 11.6 Å². The number of aryl methyl sites for hydroxylation is 1. The van der Waals surface area contributed by atoms with Crippen molar-refractivity contribution < 1.29 is 4.79 Å². The van der Waals surface area contributed by atoms with Crippen LogP contribution in [-0.4, -0.2) is 21.7 Å². The fourth-order valence-corrected chi connectivity index (χ4v) is 2.88. The van der Waals surface area contributed by atoms with Gasteiger partial charge in [0.15, 0.2) is 5.69 Å². The van der Waals surface area contributed by atoms with Crippen molar-refractivity contribution in [1.29, 1.82) is 0 Å². The summed E-state index contributed by atoms with van der Waals surface area (Å²) in [5.41, 5.74) is 2.29. The molecule has 2 aromatic rings. The van der Waals surface area contributed by atoms with Gasteiger partial charge in [-0.1, -0.05) is 24.4 Å². The Morgan fingerprint density at radius 2 is 1.95 bits per heavy atom. The second-order valence-electron chi connectivity index (χ2n) is 5.51. The Balaban J connectivity index is 1.80. The van der Waals surface area contributed by atoms with E-state index in [1.807, 2.05) is 37.3 Å². The number of hydrogen-bond acceptors (Lipinski definition) is 2. The molecule has 21 heavy (non-hydrogen) atoms. The van der Waals surface area contributed by atoms with E-state index in [0.717, 1.165) is 24.2 Å². The van der Waals surface area contributed by atoms with Crippen LogP contribution in [0.5, 0.6) is 0 Å². The summed E-state index contributed by atoms with van der Waals surface area (Å²) in [6.45, 7) is 1.94. The van der Waals surface area contributed by atoms with E-state index in [2.05, 4.69) is 10.4 Å². The predicted octanol–water partition coefficient (Wildman–Crippen LogP) is 3.51. The van der Waals surface area contributed by atoms with Gasteiger partial charge < -0.3 is 5.32 Å². The standard InChI is InChI=1S/C16H18ClN3O/c1-11-10-15(16(21)18-13-4-2-3-5-13)19-20(11)14-8-6-12(17)7-9-14/h6-10,13H,2-5H2,1H3,(H,18,21). The van der Waals surface area contributed by atoms with Gasteiger partial charge >= 0.3 is 0 Å². The van der Waals surface area contributed by atoms with Crippen LogP contribution in [0, 0.1) is 6.92 Å². The van der Waals surface area contributed by atoms with Crippen molar-refractivity contribution >= 4 is 17.5 Å². The monoisotopic (exact) mass is 303 g/mol. The smallest absolute Gasteiger partial charge is 0.272 e. The number of amides is 1. The Morgan fingerprint density at radius 1 is 1.29 bits per heavy atom. The van der Waals surface area contributed by atoms with Crippen LogP contribution in [0.25, 0.3) is 5.69 Å². The molecule has 1 aromatic heterocycles. The third kappa shape index (κ3) is 3.10. The molecule has 0 radical (unpaired) electrons. The molecule has 0 atom stereocenters. The first-order valence-corrected chi connectivity index (χ1v) is 7.65. The van der Waals surface area contributed by atoms with Crippen LogP contribution in [0.3, 0.4) is 0 Å². The van der Waals surface area contributed by atoms with E-state index in [9.17, 15) is 4.79 Å². The van der Waals surface area contributed by atoms with Gasteiger partial charge in [0.25, 0.3) is 5.91 Å². The molecule has 1 aliphatic rings. The number of nitrogens with zero attached hydrogens (tertiary/aromatic N) is 2. The van der Waals surface area contributed by atoms with Gasteiger partial charge in [-0.3, -0.25) is 4.79 Å². The largest absolute Gasteiger partial charge is 0.348 e. The van der Waals surface area contributed by atoms with Gasteiger partial charge in [0.05, 0.1) is 5.69 Å². The maximum atomic E-state index is 12.2. The van der Waals surface area contributed by atoms with Gasteiger partial charge in [-0.25, -0.2) is 4.68 Å². The van der Waals surface area contributed by atoms with Crippen molar-refractivity contribution in [3.05, 3.63) is 46.7 Å². The molecule has 4 nitrogen and oxygen atoms in total. The van der Waals surface area contributed by atoms with Gasteiger partial charge in [0, 0.05) is 16.8 Å². The van der Waals surface area contributed by atoms with Crippen LogP contribution < -0.4 is 5.32 Å². The first kappa shape index (κ1) is 14.1. The highest BCUT2D eigenvalue weighted by Crippen LogP contribution is 2.19. The summed E-state index contributed by atoms with van der Waals surface area (Å²) in [6, 6.07) is 9.53. The van der Waals surface area contributed by atoms with Gasteiger partial charge in [0.1, 0.15) is 0 Å². The highest BCUT2D eigenvalue weighted by atomic mass is 35.5. The van der Waals surface area contributed by atoms with Crippen molar-refractivity contribution in [2.75, 3.05) is 0 Å². The van der Waals surface area contributed by atoms with Crippen molar-refractivity contribution in [2.45, 2.75) is 38.6 Å². The maximum absolute atomic E-state index is 12.2. The average molecular weight is 304 g/mol. The molecule has 0 unspecified atom stereocenters. The number of carbonyl (C=O) groups is 1. The number of rotatable bonds is 3. The molecule has 1 amide bonds. The molecule has 1 N–H and O–H groups in total. The number of halogens is 1. The molecule has 1 saturated carbocycles. The molecule has 3 rings (SSSR count). The zero-order chi connectivity index (χ0) is 14.8. The van der Waals surface area contributed by atoms with E-state index in [-0.39, 0.29) is 5.91 Å².